The van der Waals surface area contributed by atoms with Gasteiger partial charge < -0.3 is 0 Å². The van der Waals surface area contributed by atoms with E-state index < -0.39 is 23.6 Å². The van der Waals surface area contributed by atoms with Crippen molar-refractivity contribution in [3.8, 4) is 0 Å². The fraction of sp³-hybridized carbons (Fsp3) is 0.500. The van der Waals surface area contributed by atoms with Gasteiger partial charge in [-0.25, -0.2) is 17.9 Å². The number of phosphoric ester groups is 1. The Balaban J connectivity index is 2.51. The number of sulfone groups is 1. The summed E-state index contributed by atoms with van der Waals surface area (Å²) in [7, 11) is -7.44. The smallest absolute Gasteiger partial charge is 0.286 e. The summed E-state index contributed by atoms with van der Waals surface area (Å²) < 4.78 is 49.6. The molecule has 1 aromatic rings. The van der Waals surface area contributed by atoms with Crippen molar-refractivity contribution in [2.24, 2.45) is 0 Å². The number of phosphoric acid groups is 1. The van der Waals surface area contributed by atoms with E-state index in [0.717, 1.165) is 0 Å². The van der Waals surface area contributed by atoms with Crippen LogP contribution in [-0.4, -0.2) is 27.6 Å². The maximum atomic E-state index is 11.9. The van der Waals surface area contributed by atoms with Crippen LogP contribution in [0.1, 0.15) is 19.4 Å². The molecular weight excluding hydrogens is 319 g/mol. The van der Waals surface area contributed by atoms with E-state index in [0.29, 0.717) is 5.56 Å². The molecule has 0 amide bonds. The van der Waals surface area contributed by atoms with Gasteiger partial charge in [0.05, 0.1) is 19.0 Å². The second-order valence-corrected chi connectivity index (χ2v) is 7.54. The molecule has 9 heteroatoms. The van der Waals surface area contributed by atoms with Crippen LogP contribution in [0.3, 0.4) is 0 Å². The Morgan fingerprint density at radius 3 is 2.14 bits per heavy atom. The van der Waals surface area contributed by atoms with Gasteiger partial charge in [-0.15, -0.1) is 4.67 Å². The number of hydrogen-bond donors (Lipinski definition) is 0. The van der Waals surface area contributed by atoms with Crippen molar-refractivity contribution in [1.29, 1.82) is 0 Å². The highest BCUT2D eigenvalue weighted by molar-refractivity contribution is 7.90. The molecule has 21 heavy (non-hydrogen) atoms. The lowest BCUT2D eigenvalue weighted by Crippen LogP contribution is -2.13. The Morgan fingerprint density at radius 1 is 1.05 bits per heavy atom. The molecule has 0 radical (unpaired) electrons. The zero-order valence-corrected chi connectivity index (χ0v) is 13.6. The highest BCUT2D eigenvalue weighted by Crippen LogP contribution is 2.49. The van der Waals surface area contributed by atoms with Crippen molar-refractivity contribution in [3.63, 3.8) is 0 Å². The van der Waals surface area contributed by atoms with E-state index >= 15 is 0 Å². The first kappa shape index (κ1) is 18.3. The van der Waals surface area contributed by atoms with Crippen molar-refractivity contribution in [3.05, 3.63) is 35.9 Å². The van der Waals surface area contributed by atoms with E-state index in [9.17, 15) is 13.0 Å². The average Bonchev–Trinajstić information content (AvgIpc) is 2.39. The number of benzene rings is 1. The van der Waals surface area contributed by atoms with Gasteiger partial charge in [0, 0.05) is 0 Å². The molecule has 0 N–H and O–H groups in total. The van der Waals surface area contributed by atoms with Crippen LogP contribution in [0.4, 0.5) is 0 Å². The molecule has 0 aliphatic rings. The number of hydrogen-bond acceptors (Lipinski definition) is 7. The van der Waals surface area contributed by atoms with Gasteiger partial charge >= 0.3 is 7.82 Å². The Morgan fingerprint density at radius 2 is 1.62 bits per heavy atom. The lowest BCUT2D eigenvalue weighted by Gasteiger charge is -2.14. The lowest BCUT2D eigenvalue weighted by molar-refractivity contribution is -0.209. The number of rotatable bonds is 10. The first-order valence-electron chi connectivity index (χ1n) is 6.35. The van der Waals surface area contributed by atoms with Gasteiger partial charge in [-0.2, -0.15) is 0 Å². The maximum absolute atomic E-state index is 11.9. The zero-order chi connectivity index (χ0) is 15.8. The molecule has 0 aliphatic heterocycles. The van der Waals surface area contributed by atoms with Crippen LogP contribution < -0.4 is 0 Å². The minimum Gasteiger partial charge on any atom is -0.286 e. The van der Waals surface area contributed by atoms with Crippen molar-refractivity contribution < 1.29 is 31.6 Å². The second-order valence-electron chi connectivity index (χ2n) is 3.97. The van der Waals surface area contributed by atoms with Gasteiger partial charge in [-0.1, -0.05) is 30.3 Å². The summed E-state index contributed by atoms with van der Waals surface area (Å²) in [4.78, 5) is 4.54. The van der Waals surface area contributed by atoms with Crippen LogP contribution in [0, 0.1) is 0 Å². The quantitative estimate of drug-likeness (QED) is 0.368. The molecule has 0 saturated heterocycles. The summed E-state index contributed by atoms with van der Waals surface area (Å²) in [6.07, 6.45) is 0. The fourth-order valence-electron chi connectivity index (χ4n) is 1.43. The molecule has 0 fully saturated rings. The molecule has 0 heterocycles. The lowest BCUT2D eigenvalue weighted by atomic mass is 10.2. The molecule has 0 saturated carbocycles. The van der Waals surface area contributed by atoms with Crippen molar-refractivity contribution >= 4 is 17.7 Å². The van der Waals surface area contributed by atoms with Crippen LogP contribution in [0.2, 0.25) is 0 Å². The minimum absolute atomic E-state index is 0.0808. The van der Waals surface area contributed by atoms with Gasteiger partial charge in [0.2, 0.25) is 0 Å². The Labute approximate surface area is 124 Å². The minimum atomic E-state index is -3.87. The SMILES string of the molecule is CCOP(=O)(OCC)OOCS(=O)(=O)Cc1ccccc1. The highest BCUT2D eigenvalue weighted by Gasteiger charge is 2.28. The third-order valence-corrected chi connectivity index (χ3v) is 4.84. The molecule has 0 atom stereocenters. The summed E-state index contributed by atoms with van der Waals surface area (Å²) in [6.45, 7) is 3.36. The van der Waals surface area contributed by atoms with Gasteiger partial charge in [-0.3, -0.25) is 9.05 Å². The van der Waals surface area contributed by atoms with Gasteiger partial charge in [0.1, 0.15) is 0 Å². The fourth-order valence-corrected chi connectivity index (χ4v) is 3.45. The predicted molar refractivity (Wildman–Crippen MR) is 77.0 cm³/mol. The molecular formula is C12H19O7PS. The Bertz CT molecular complexity index is 548. The Hall–Kier alpha value is -0.760. The van der Waals surface area contributed by atoms with Crippen molar-refractivity contribution in [2.45, 2.75) is 19.6 Å². The molecule has 0 spiro atoms. The maximum Gasteiger partial charge on any atom is 0.502 e. The molecule has 120 valence electrons. The standard InChI is InChI=1S/C12H19O7PS/c1-3-17-20(13,18-4-2)19-16-11-21(14,15)10-12-8-6-5-7-9-12/h5-9H,3-4,10-11H2,1-2H3. The van der Waals surface area contributed by atoms with E-state index in [1.165, 1.54) is 0 Å². The summed E-state index contributed by atoms with van der Waals surface area (Å²) in [6, 6.07) is 8.63. The molecule has 0 aliphatic carbocycles. The van der Waals surface area contributed by atoms with Gasteiger partial charge in [0.15, 0.2) is 15.8 Å². The van der Waals surface area contributed by atoms with Crippen LogP contribution in [0.25, 0.3) is 0 Å². The summed E-state index contributed by atoms with van der Waals surface area (Å²) in [5, 5.41) is 0. The van der Waals surface area contributed by atoms with Crippen molar-refractivity contribution in [2.75, 3.05) is 19.2 Å². The second kappa shape index (κ2) is 8.63. The molecule has 1 rings (SSSR count). The molecule has 0 aromatic heterocycles. The summed E-state index contributed by atoms with van der Waals surface area (Å²) in [5.41, 5.74) is 0.624. The van der Waals surface area contributed by atoms with E-state index in [4.69, 9.17) is 9.05 Å². The van der Waals surface area contributed by atoms with Crippen molar-refractivity contribution in [1.82, 2.24) is 0 Å². The topological polar surface area (TPSA) is 88.1 Å². The third kappa shape index (κ3) is 7.17. The first-order valence-corrected chi connectivity index (χ1v) is 9.63. The molecule has 1 aromatic carbocycles. The van der Waals surface area contributed by atoms with Crippen LogP contribution in [0.15, 0.2) is 30.3 Å². The molecule has 7 nitrogen and oxygen atoms in total. The van der Waals surface area contributed by atoms with Gasteiger partial charge in [0.25, 0.3) is 0 Å². The monoisotopic (exact) mass is 338 g/mol. The third-order valence-electron chi connectivity index (χ3n) is 2.18. The largest absolute Gasteiger partial charge is 0.502 e. The first-order chi connectivity index (χ1) is 9.91. The summed E-state index contributed by atoms with van der Waals surface area (Å²) >= 11 is 0. The Kier molecular flexibility index (Phi) is 7.51. The predicted octanol–water partition coefficient (Wildman–Crippen LogP) is 2.69. The summed E-state index contributed by atoms with van der Waals surface area (Å²) in [5.74, 6) is -0.948. The van der Waals surface area contributed by atoms with Gasteiger partial charge in [-0.05, 0) is 19.4 Å². The molecule has 0 bridgehead atoms. The van der Waals surface area contributed by atoms with Crippen LogP contribution in [-0.2, 0) is 38.8 Å². The zero-order valence-electron chi connectivity index (χ0n) is 11.9. The van der Waals surface area contributed by atoms with E-state index in [1.807, 2.05) is 0 Å². The van der Waals surface area contributed by atoms with E-state index in [2.05, 4.69) is 9.56 Å². The molecule has 0 unspecified atom stereocenters. The normalized spacial score (nSPS) is 12.5. The van der Waals surface area contributed by atoms with E-state index in [-0.39, 0.29) is 19.0 Å². The van der Waals surface area contributed by atoms with Crippen LogP contribution >= 0.6 is 7.82 Å². The average molecular weight is 338 g/mol. The van der Waals surface area contributed by atoms with E-state index in [1.54, 1.807) is 44.2 Å². The highest BCUT2D eigenvalue weighted by atomic mass is 32.2. The van der Waals surface area contributed by atoms with Crippen LogP contribution in [0.5, 0.6) is 0 Å².